The highest BCUT2D eigenvalue weighted by molar-refractivity contribution is 5.97. The lowest BCUT2D eigenvalue weighted by Crippen LogP contribution is -2.35. The van der Waals surface area contributed by atoms with Gasteiger partial charge in [-0.05, 0) is 60.5 Å². The molecule has 0 unspecified atom stereocenters. The Morgan fingerprint density at radius 3 is 2.63 bits per heavy atom. The molecule has 232 valence electrons. The van der Waals surface area contributed by atoms with Crippen LogP contribution in [0.25, 0.3) is 45.8 Å². The van der Waals surface area contributed by atoms with Gasteiger partial charge in [0.05, 0.1) is 24.6 Å². The Bertz CT molecular complexity index is 1950. The Hall–Kier alpha value is -5.15. The fourth-order valence-electron chi connectivity index (χ4n) is 6.18. The molecular formula is C37H31F2N3O4. The van der Waals surface area contributed by atoms with E-state index in [0.717, 1.165) is 27.9 Å². The molecule has 0 saturated carbocycles. The van der Waals surface area contributed by atoms with Gasteiger partial charge in [0.15, 0.2) is 0 Å². The standard InChI is InChI=1S/C37H31F2N3O4/c1-3-6-27-30-18-26-21-44-13-5-14-45-32-16-24(38)8-10-29(32)37(27)41-36(35(30)28-9-7-25(39)17-33(28)46-26)22-15-23-20-42(34(43)4-2)12-11-31(23)40-19-22/h3-4,6-10,15-19H,2,5,11-14,20-21H2,1H3/b6-3-. The number of rotatable bonds is 3. The lowest BCUT2D eigenvalue weighted by molar-refractivity contribution is -0.126. The summed E-state index contributed by atoms with van der Waals surface area (Å²) in [5.41, 5.74) is 7.17. The number of aromatic nitrogens is 2. The molecule has 3 aliphatic heterocycles. The van der Waals surface area contributed by atoms with Gasteiger partial charge in [-0.15, -0.1) is 0 Å². The highest BCUT2D eigenvalue weighted by Crippen LogP contribution is 2.47. The molecule has 9 heteroatoms. The van der Waals surface area contributed by atoms with Crippen LogP contribution in [0.3, 0.4) is 0 Å². The first-order valence-corrected chi connectivity index (χ1v) is 15.2. The molecule has 2 aromatic carbocycles. The molecule has 0 aliphatic carbocycles. The Balaban J connectivity index is 1.57. The number of allylic oxidation sites excluding steroid dienone is 1. The van der Waals surface area contributed by atoms with E-state index in [1.165, 1.54) is 30.3 Å². The predicted molar refractivity (Wildman–Crippen MR) is 172 cm³/mol. The van der Waals surface area contributed by atoms with Gasteiger partial charge in [-0.25, -0.2) is 13.8 Å². The maximum absolute atomic E-state index is 14.7. The van der Waals surface area contributed by atoms with Crippen LogP contribution in [-0.4, -0.2) is 47.1 Å². The van der Waals surface area contributed by atoms with E-state index >= 15 is 0 Å². The summed E-state index contributed by atoms with van der Waals surface area (Å²) in [6, 6.07) is 10.9. The first-order chi connectivity index (χ1) is 22.4. The molecular weight excluding hydrogens is 588 g/mol. The molecule has 0 fully saturated rings. The molecule has 1 amide bonds. The summed E-state index contributed by atoms with van der Waals surface area (Å²) in [5.74, 6) is 0.193. The molecule has 5 heterocycles. The Labute approximate surface area is 265 Å². The fourth-order valence-corrected chi connectivity index (χ4v) is 6.18. The molecule has 2 aromatic heterocycles. The third-order valence-corrected chi connectivity index (χ3v) is 8.30. The maximum Gasteiger partial charge on any atom is 0.246 e. The summed E-state index contributed by atoms with van der Waals surface area (Å²) in [7, 11) is 0. The van der Waals surface area contributed by atoms with E-state index in [1.807, 2.05) is 31.2 Å². The van der Waals surface area contributed by atoms with Crippen molar-refractivity contribution in [1.29, 1.82) is 0 Å². The van der Waals surface area contributed by atoms with Gasteiger partial charge in [-0.2, -0.15) is 0 Å². The van der Waals surface area contributed by atoms with E-state index in [0.29, 0.717) is 84.5 Å². The average molecular weight is 620 g/mol. The van der Waals surface area contributed by atoms with Crippen molar-refractivity contribution in [3.05, 3.63) is 107 Å². The number of ether oxygens (including phenoxy) is 3. The second-order valence-corrected chi connectivity index (χ2v) is 11.3. The van der Waals surface area contributed by atoms with Crippen LogP contribution in [0.5, 0.6) is 11.5 Å². The van der Waals surface area contributed by atoms with Crippen molar-refractivity contribution >= 4 is 18.1 Å². The van der Waals surface area contributed by atoms with Gasteiger partial charge in [0, 0.05) is 77.8 Å². The van der Waals surface area contributed by atoms with Crippen LogP contribution in [0.2, 0.25) is 0 Å². The SMILES string of the molecule is C=CC(=O)N1CCc2ncc(-c3nc4c(/C=C\C)c5c3-c3ccc(F)cc3OC(=C5)COCCCOc3cc(F)ccc3-4)cc2C1. The Morgan fingerprint density at radius 1 is 1.02 bits per heavy atom. The number of pyridine rings is 2. The number of carbonyl (C=O) groups excluding carboxylic acids is 1. The van der Waals surface area contributed by atoms with Gasteiger partial charge in [0.1, 0.15) is 35.5 Å². The summed E-state index contributed by atoms with van der Waals surface area (Å²) in [5, 5.41) is 0. The minimum absolute atomic E-state index is 0.143. The minimum atomic E-state index is -0.438. The van der Waals surface area contributed by atoms with Gasteiger partial charge in [0.2, 0.25) is 5.91 Å². The van der Waals surface area contributed by atoms with Crippen LogP contribution >= 0.6 is 0 Å². The Kier molecular flexibility index (Phi) is 7.92. The predicted octanol–water partition coefficient (Wildman–Crippen LogP) is 7.39. The number of amides is 1. The van der Waals surface area contributed by atoms with E-state index in [4.69, 9.17) is 24.2 Å². The number of halogens is 2. The second-order valence-electron chi connectivity index (χ2n) is 11.3. The first kappa shape index (κ1) is 29.6. The summed E-state index contributed by atoms with van der Waals surface area (Å²) in [6.07, 6.45) is 10.0. The molecule has 46 heavy (non-hydrogen) atoms. The van der Waals surface area contributed by atoms with Crippen LogP contribution in [0.1, 0.15) is 35.7 Å². The van der Waals surface area contributed by atoms with E-state index < -0.39 is 11.6 Å². The summed E-state index contributed by atoms with van der Waals surface area (Å²) < 4.78 is 47.7. The summed E-state index contributed by atoms with van der Waals surface area (Å²) >= 11 is 0. The number of fused-ring (bicyclic) bond motifs is 6. The maximum atomic E-state index is 14.7. The van der Waals surface area contributed by atoms with Crippen LogP contribution in [0, 0.1) is 11.6 Å². The molecule has 0 atom stereocenters. The fraction of sp³-hybridized carbons (Fsp3) is 0.216. The molecule has 3 aliphatic rings. The summed E-state index contributed by atoms with van der Waals surface area (Å²) in [6.45, 7) is 7.32. The van der Waals surface area contributed by atoms with Crippen LogP contribution in [0.4, 0.5) is 8.78 Å². The molecule has 7 nitrogen and oxygen atoms in total. The quantitative estimate of drug-likeness (QED) is 0.223. The van der Waals surface area contributed by atoms with Gasteiger partial charge in [0.25, 0.3) is 0 Å². The van der Waals surface area contributed by atoms with Crippen LogP contribution in [0.15, 0.2) is 73.2 Å². The van der Waals surface area contributed by atoms with Gasteiger partial charge >= 0.3 is 0 Å². The van der Waals surface area contributed by atoms with Crippen molar-refractivity contribution in [1.82, 2.24) is 14.9 Å². The number of benzene rings is 2. The largest absolute Gasteiger partial charge is 0.493 e. The van der Waals surface area contributed by atoms with Crippen molar-refractivity contribution in [3.63, 3.8) is 0 Å². The van der Waals surface area contributed by atoms with E-state index in [9.17, 15) is 13.6 Å². The highest BCUT2D eigenvalue weighted by atomic mass is 19.1. The van der Waals surface area contributed by atoms with Crippen molar-refractivity contribution in [2.75, 3.05) is 26.4 Å². The van der Waals surface area contributed by atoms with Crippen molar-refractivity contribution < 1.29 is 27.8 Å². The smallest absolute Gasteiger partial charge is 0.246 e. The highest BCUT2D eigenvalue weighted by Gasteiger charge is 2.29. The topological polar surface area (TPSA) is 73.8 Å². The van der Waals surface area contributed by atoms with E-state index in [2.05, 4.69) is 6.58 Å². The molecule has 0 saturated heterocycles. The van der Waals surface area contributed by atoms with Gasteiger partial charge < -0.3 is 19.1 Å². The zero-order chi connectivity index (χ0) is 31.8. The third-order valence-electron chi connectivity index (χ3n) is 8.30. The zero-order valence-electron chi connectivity index (χ0n) is 25.3. The monoisotopic (exact) mass is 619 g/mol. The molecule has 3 bridgehead atoms. The van der Waals surface area contributed by atoms with Gasteiger partial charge in [-0.1, -0.05) is 18.7 Å². The molecule has 0 N–H and O–H groups in total. The number of carbonyl (C=O) groups is 1. The first-order valence-electron chi connectivity index (χ1n) is 15.2. The molecule has 4 aromatic rings. The Morgan fingerprint density at radius 2 is 1.83 bits per heavy atom. The number of hydrogen-bond acceptors (Lipinski definition) is 6. The van der Waals surface area contributed by atoms with Gasteiger partial charge in [-0.3, -0.25) is 9.78 Å². The average Bonchev–Trinajstić information content (AvgIpc) is 3.21. The molecule has 0 spiro atoms. The summed E-state index contributed by atoms with van der Waals surface area (Å²) in [4.78, 5) is 24.3. The number of nitrogens with zero attached hydrogens (tertiary/aromatic N) is 3. The number of hydrogen-bond donors (Lipinski definition) is 0. The van der Waals surface area contributed by atoms with Crippen molar-refractivity contribution in [2.24, 2.45) is 0 Å². The molecule has 0 radical (unpaired) electrons. The van der Waals surface area contributed by atoms with Crippen molar-refractivity contribution in [3.8, 4) is 45.1 Å². The normalized spacial score (nSPS) is 15.5. The zero-order valence-corrected chi connectivity index (χ0v) is 25.3. The minimum Gasteiger partial charge on any atom is -0.493 e. The van der Waals surface area contributed by atoms with E-state index in [1.54, 1.807) is 23.2 Å². The third kappa shape index (κ3) is 5.47. The van der Waals surface area contributed by atoms with Crippen molar-refractivity contribution in [2.45, 2.75) is 26.3 Å². The van der Waals surface area contributed by atoms with Crippen LogP contribution in [-0.2, 0) is 22.5 Å². The lowest BCUT2D eigenvalue weighted by Gasteiger charge is -2.28. The van der Waals surface area contributed by atoms with Crippen LogP contribution < -0.4 is 9.47 Å². The lowest BCUT2D eigenvalue weighted by atomic mass is 9.88. The second kappa shape index (κ2) is 12.3. The van der Waals surface area contributed by atoms with E-state index in [-0.39, 0.29) is 12.5 Å². The molecule has 7 rings (SSSR count).